The van der Waals surface area contributed by atoms with E-state index >= 15 is 0 Å². The van der Waals surface area contributed by atoms with E-state index in [-0.39, 0.29) is 18.1 Å². The Balaban J connectivity index is 1.98. The number of hydrazone groups is 1. The Kier molecular flexibility index (Phi) is 8.08. The maximum Gasteiger partial charge on any atom is 0.410 e. The van der Waals surface area contributed by atoms with Gasteiger partial charge in [-0.2, -0.15) is 5.10 Å². The summed E-state index contributed by atoms with van der Waals surface area (Å²) < 4.78 is 11.1. The molecular formula is C22H34N4O3. The SMILES string of the molecule is C=NN(/C=C(\N)[C@@H]1CCN(C(=O)OC(C)(C)C)C[C@H]1OC)CCc1ccccc1. The molecule has 0 saturated carbocycles. The van der Waals surface area contributed by atoms with Gasteiger partial charge in [0.1, 0.15) is 5.60 Å². The van der Waals surface area contributed by atoms with E-state index in [4.69, 9.17) is 15.2 Å². The number of nitrogens with zero attached hydrogens (tertiary/aromatic N) is 3. The molecule has 1 aromatic carbocycles. The highest BCUT2D eigenvalue weighted by Gasteiger charge is 2.35. The Hall–Kier alpha value is -2.54. The van der Waals surface area contributed by atoms with Crippen LogP contribution in [0.5, 0.6) is 0 Å². The van der Waals surface area contributed by atoms with Crippen LogP contribution >= 0.6 is 0 Å². The number of piperidine rings is 1. The van der Waals surface area contributed by atoms with E-state index in [0.717, 1.165) is 6.42 Å². The normalized spacial score (nSPS) is 20.3. The first-order valence-electron chi connectivity index (χ1n) is 9.98. The number of methoxy groups -OCH3 is 1. The number of carbonyl (C=O) groups is 1. The molecule has 2 rings (SSSR count). The summed E-state index contributed by atoms with van der Waals surface area (Å²) >= 11 is 0. The summed E-state index contributed by atoms with van der Waals surface area (Å²) in [5.41, 5.74) is 7.79. The molecule has 1 aliphatic rings. The lowest BCUT2D eigenvalue weighted by atomic mass is 9.91. The van der Waals surface area contributed by atoms with Crippen LogP contribution in [0.3, 0.4) is 0 Å². The summed E-state index contributed by atoms with van der Waals surface area (Å²) in [6, 6.07) is 10.2. The summed E-state index contributed by atoms with van der Waals surface area (Å²) in [4.78, 5) is 14.0. The summed E-state index contributed by atoms with van der Waals surface area (Å²) in [6.07, 6.45) is 2.85. The van der Waals surface area contributed by atoms with Crippen molar-refractivity contribution < 1.29 is 14.3 Å². The van der Waals surface area contributed by atoms with E-state index in [1.54, 1.807) is 17.0 Å². The van der Waals surface area contributed by atoms with Gasteiger partial charge in [0.05, 0.1) is 12.6 Å². The molecule has 1 amide bonds. The minimum Gasteiger partial charge on any atom is -0.444 e. The minimum absolute atomic E-state index is 0.000313. The Labute approximate surface area is 174 Å². The molecule has 1 heterocycles. The monoisotopic (exact) mass is 402 g/mol. The van der Waals surface area contributed by atoms with Gasteiger partial charge in [-0.3, -0.25) is 5.01 Å². The van der Waals surface area contributed by atoms with Gasteiger partial charge in [0.2, 0.25) is 0 Å². The van der Waals surface area contributed by atoms with E-state index < -0.39 is 5.60 Å². The molecule has 160 valence electrons. The molecule has 0 radical (unpaired) electrons. The first kappa shape index (κ1) is 22.7. The molecule has 1 fully saturated rings. The smallest absolute Gasteiger partial charge is 0.410 e. The Morgan fingerprint density at radius 2 is 2.07 bits per heavy atom. The standard InChI is InChI=1S/C22H34N4O3/c1-22(2,3)29-21(27)25-13-12-18(20(16-25)28-5)19(23)15-26(24-4)14-11-17-9-7-6-8-10-17/h6-10,15,18,20H,4,11-14,16,23H2,1-3,5H3/b19-15-/t18-,20+/m0/s1. The highest BCUT2D eigenvalue weighted by atomic mass is 16.6. The number of nitrogens with two attached hydrogens (primary N) is 1. The molecule has 7 heteroatoms. The van der Waals surface area contributed by atoms with E-state index in [1.807, 2.05) is 45.2 Å². The predicted octanol–water partition coefficient (Wildman–Crippen LogP) is 3.22. The maximum atomic E-state index is 12.4. The first-order chi connectivity index (χ1) is 13.7. The molecule has 2 atom stereocenters. The van der Waals surface area contributed by atoms with E-state index in [0.29, 0.717) is 31.8 Å². The van der Waals surface area contributed by atoms with Crippen LogP contribution in [-0.2, 0) is 15.9 Å². The molecule has 0 unspecified atom stereocenters. The van der Waals surface area contributed by atoms with Crippen LogP contribution < -0.4 is 5.73 Å². The van der Waals surface area contributed by atoms with Crippen molar-refractivity contribution in [3.8, 4) is 0 Å². The number of ether oxygens (including phenoxy) is 2. The molecule has 1 aromatic rings. The lowest BCUT2D eigenvalue weighted by molar-refractivity contribution is -0.0218. The fourth-order valence-electron chi connectivity index (χ4n) is 3.36. The summed E-state index contributed by atoms with van der Waals surface area (Å²) in [5, 5.41) is 5.83. The molecule has 0 aliphatic carbocycles. The Morgan fingerprint density at radius 1 is 1.38 bits per heavy atom. The molecule has 0 bridgehead atoms. The number of carbonyl (C=O) groups excluding carboxylic acids is 1. The van der Waals surface area contributed by atoms with Crippen LogP contribution in [0.25, 0.3) is 0 Å². The number of hydrogen-bond acceptors (Lipinski definition) is 6. The molecular weight excluding hydrogens is 368 g/mol. The van der Waals surface area contributed by atoms with Crippen molar-refractivity contribution in [1.82, 2.24) is 9.91 Å². The number of benzene rings is 1. The molecule has 1 aliphatic heterocycles. The average Bonchev–Trinajstić information content (AvgIpc) is 2.69. The highest BCUT2D eigenvalue weighted by molar-refractivity contribution is 5.68. The van der Waals surface area contributed by atoms with Gasteiger partial charge in [-0.15, -0.1) is 0 Å². The zero-order chi connectivity index (χ0) is 21.4. The van der Waals surface area contributed by atoms with Gasteiger partial charge in [0, 0.05) is 44.7 Å². The van der Waals surface area contributed by atoms with Gasteiger partial charge >= 0.3 is 6.09 Å². The van der Waals surface area contributed by atoms with Gasteiger partial charge in [-0.05, 0) is 39.2 Å². The van der Waals surface area contributed by atoms with Crippen molar-refractivity contribution in [2.75, 3.05) is 26.7 Å². The van der Waals surface area contributed by atoms with Crippen molar-refractivity contribution in [2.24, 2.45) is 16.8 Å². The van der Waals surface area contributed by atoms with Gasteiger partial charge in [-0.1, -0.05) is 30.3 Å². The minimum atomic E-state index is -0.523. The molecule has 7 nitrogen and oxygen atoms in total. The average molecular weight is 403 g/mol. The van der Waals surface area contributed by atoms with Crippen LogP contribution in [0.1, 0.15) is 32.8 Å². The van der Waals surface area contributed by atoms with Gasteiger partial charge < -0.3 is 20.1 Å². The van der Waals surface area contributed by atoms with Gasteiger partial charge in [-0.25, -0.2) is 4.79 Å². The molecule has 1 saturated heterocycles. The van der Waals surface area contributed by atoms with E-state index in [1.165, 1.54) is 5.56 Å². The predicted molar refractivity (Wildman–Crippen MR) is 115 cm³/mol. The summed E-state index contributed by atoms with van der Waals surface area (Å²) in [6.45, 7) is 10.9. The largest absolute Gasteiger partial charge is 0.444 e. The van der Waals surface area contributed by atoms with Crippen LogP contribution in [0.4, 0.5) is 4.79 Å². The van der Waals surface area contributed by atoms with E-state index in [2.05, 4.69) is 24.0 Å². The van der Waals surface area contributed by atoms with Crippen molar-refractivity contribution in [1.29, 1.82) is 0 Å². The second-order valence-corrected chi connectivity index (χ2v) is 8.26. The van der Waals surface area contributed by atoms with Crippen molar-refractivity contribution in [3.05, 3.63) is 47.8 Å². The van der Waals surface area contributed by atoms with Crippen molar-refractivity contribution in [2.45, 2.75) is 45.3 Å². The fraction of sp³-hybridized carbons (Fsp3) is 0.545. The number of amides is 1. The van der Waals surface area contributed by atoms with Crippen LogP contribution in [0.15, 0.2) is 47.3 Å². The van der Waals surface area contributed by atoms with Crippen LogP contribution in [-0.4, -0.2) is 61.2 Å². The quantitative estimate of drug-likeness (QED) is 0.559. The van der Waals surface area contributed by atoms with Crippen LogP contribution in [0.2, 0.25) is 0 Å². The molecule has 0 aromatic heterocycles. The second-order valence-electron chi connectivity index (χ2n) is 8.26. The zero-order valence-corrected chi connectivity index (χ0v) is 18.0. The maximum absolute atomic E-state index is 12.4. The Bertz CT molecular complexity index is 700. The third-order valence-electron chi connectivity index (χ3n) is 4.89. The first-order valence-corrected chi connectivity index (χ1v) is 9.98. The van der Waals surface area contributed by atoms with Crippen molar-refractivity contribution >= 4 is 12.8 Å². The van der Waals surface area contributed by atoms with Gasteiger partial charge in [0.15, 0.2) is 0 Å². The van der Waals surface area contributed by atoms with E-state index in [9.17, 15) is 4.79 Å². The second kappa shape index (κ2) is 10.3. The summed E-state index contributed by atoms with van der Waals surface area (Å²) in [5.74, 6) is -0.000313. The lowest BCUT2D eigenvalue weighted by Crippen LogP contribution is -2.50. The Morgan fingerprint density at radius 3 is 2.66 bits per heavy atom. The number of rotatable bonds is 7. The number of hydrogen-bond donors (Lipinski definition) is 1. The lowest BCUT2D eigenvalue weighted by Gasteiger charge is -2.38. The van der Waals surface area contributed by atoms with Crippen LogP contribution in [0, 0.1) is 5.92 Å². The number of likely N-dealkylation sites (tertiary alicyclic amines) is 1. The third kappa shape index (κ3) is 7.09. The molecule has 29 heavy (non-hydrogen) atoms. The molecule has 0 spiro atoms. The zero-order valence-electron chi connectivity index (χ0n) is 18.0. The van der Waals surface area contributed by atoms with Crippen molar-refractivity contribution in [3.63, 3.8) is 0 Å². The topological polar surface area (TPSA) is 80.4 Å². The highest BCUT2D eigenvalue weighted by Crippen LogP contribution is 2.26. The fourth-order valence-corrected chi connectivity index (χ4v) is 3.36. The third-order valence-corrected chi connectivity index (χ3v) is 4.89. The summed E-state index contributed by atoms with van der Waals surface area (Å²) in [7, 11) is 1.64. The molecule has 2 N–H and O–H groups in total. The van der Waals surface area contributed by atoms with Gasteiger partial charge in [0.25, 0.3) is 0 Å².